The van der Waals surface area contributed by atoms with Crippen molar-refractivity contribution >= 4 is 17.1 Å². The van der Waals surface area contributed by atoms with Crippen LogP contribution in [0.1, 0.15) is 11.1 Å². The summed E-state index contributed by atoms with van der Waals surface area (Å²) in [6.45, 7) is 0. The van der Waals surface area contributed by atoms with Crippen LogP contribution in [0.2, 0.25) is 0 Å². The van der Waals surface area contributed by atoms with E-state index in [4.69, 9.17) is 17.2 Å². The molecule has 3 nitrogen and oxygen atoms in total. The standard InChI is InChI=1S/C13H13N3/c14-11-6-9-8-4-2-1-3-7(8)5-10(9)12(15)13(11)16/h1-4,6H,5,14-16H2. The van der Waals surface area contributed by atoms with Gasteiger partial charge >= 0.3 is 0 Å². The van der Waals surface area contributed by atoms with Gasteiger partial charge in [-0.2, -0.15) is 0 Å². The Labute approximate surface area is 93.9 Å². The van der Waals surface area contributed by atoms with Gasteiger partial charge in [0, 0.05) is 6.42 Å². The second-order valence-corrected chi connectivity index (χ2v) is 4.15. The van der Waals surface area contributed by atoms with Crippen LogP contribution in [0.25, 0.3) is 11.1 Å². The highest BCUT2D eigenvalue weighted by Gasteiger charge is 2.22. The molecule has 0 radical (unpaired) electrons. The maximum Gasteiger partial charge on any atom is 0.0784 e. The van der Waals surface area contributed by atoms with E-state index in [1.807, 2.05) is 18.2 Å². The predicted molar refractivity (Wildman–Crippen MR) is 67.9 cm³/mol. The first-order chi connectivity index (χ1) is 7.68. The summed E-state index contributed by atoms with van der Waals surface area (Å²) in [6.07, 6.45) is 0.849. The Kier molecular flexibility index (Phi) is 1.66. The fourth-order valence-corrected chi connectivity index (χ4v) is 2.34. The third-order valence-electron chi connectivity index (χ3n) is 3.23. The minimum Gasteiger partial charge on any atom is -0.397 e. The number of hydrogen-bond donors (Lipinski definition) is 3. The van der Waals surface area contributed by atoms with E-state index < -0.39 is 0 Å². The summed E-state index contributed by atoms with van der Waals surface area (Å²) >= 11 is 0. The van der Waals surface area contributed by atoms with Crippen molar-refractivity contribution in [1.82, 2.24) is 0 Å². The van der Waals surface area contributed by atoms with Crippen molar-refractivity contribution in [3.63, 3.8) is 0 Å². The first kappa shape index (κ1) is 9.09. The van der Waals surface area contributed by atoms with Crippen LogP contribution < -0.4 is 17.2 Å². The van der Waals surface area contributed by atoms with Crippen LogP contribution in [-0.2, 0) is 6.42 Å². The zero-order valence-electron chi connectivity index (χ0n) is 8.83. The fourth-order valence-electron chi connectivity index (χ4n) is 2.34. The van der Waals surface area contributed by atoms with Crippen LogP contribution >= 0.6 is 0 Å². The average Bonchev–Trinajstić information content (AvgIpc) is 2.65. The summed E-state index contributed by atoms with van der Waals surface area (Å²) < 4.78 is 0. The van der Waals surface area contributed by atoms with E-state index in [-0.39, 0.29) is 0 Å². The largest absolute Gasteiger partial charge is 0.397 e. The van der Waals surface area contributed by atoms with Crippen molar-refractivity contribution in [3.8, 4) is 11.1 Å². The molecule has 0 spiro atoms. The Morgan fingerprint density at radius 2 is 1.62 bits per heavy atom. The summed E-state index contributed by atoms with van der Waals surface area (Å²) in [7, 11) is 0. The third kappa shape index (κ3) is 1.03. The van der Waals surface area contributed by atoms with E-state index in [1.54, 1.807) is 0 Å². The van der Waals surface area contributed by atoms with Gasteiger partial charge in [-0.15, -0.1) is 0 Å². The van der Waals surface area contributed by atoms with E-state index >= 15 is 0 Å². The lowest BCUT2D eigenvalue weighted by Crippen LogP contribution is -2.03. The summed E-state index contributed by atoms with van der Waals surface area (Å²) in [5, 5.41) is 0. The molecule has 3 heteroatoms. The molecule has 2 aromatic carbocycles. The average molecular weight is 211 g/mol. The lowest BCUT2D eigenvalue weighted by molar-refractivity contribution is 1.27. The molecule has 0 saturated carbocycles. The number of nitrogen functional groups attached to an aromatic ring is 3. The Balaban J connectivity index is 2.34. The first-order valence-corrected chi connectivity index (χ1v) is 5.23. The minimum atomic E-state index is 0.506. The lowest BCUT2D eigenvalue weighted by atomic mass is 10.0. The van der Waals surface area contributed by atoms with Gasteiger partial charge in [-0.1, -0.05) is 24.3 Å². The van der Waals surface area contributed by atoms with Gasteiger partial charge in [-0.25, -0.2) is 0 Å². The molecule has 0 fully saturated rings. The molecule has 1 aliphatic rings. The molecule has 0 unspecified atom stereocenters. The smallest absolute Gasteiger partial charge is 0.0784 e. The van der Waals surface area contributed by atoms with Crippen molar-refractivity contribution in [3.05, 3.63) is 41.5 Å². The molecule has 1 aliphatic carbocycles. The van der Waals surface area contributed by atoms with Crippen molar-refractivity contribution < 1.29 is 0 Å². The highest BCUT2D eigenvalue weighted by atomic mass is 14.7. The molecule has 16 heavy (non-hydrogen) atoms. The molecule has 80 valence electrons. The minimum absolute atomic E-state index is 0.506. The van der Waals surface area contributed by atoms with Gasteiger partial charge in [0.1, 0.15) is 0 Å². The monoisotopic (exact) mass is 211 g/mol. The van der Waals surface area contributed by atoms with E-state index in [9.17, 15) is 0 Å². The second kappa shape index (κ2) is 2.92. The molecule has 0 amide bonds. The summed E-state index contributed by atoms with van der Waals surface area (Å²) in [6, 6.07) is 10.2. The molecular formula is C13H13N3. The molecule has 3 rings (SSSR count). The van der Waals surface area contributed by atoms with Gasteiger partial charge in [-0.3, -0.25) is 0 Å². The van der Waals surface area contributed by atoms with Crippen LogP contribution in [-0.4, -0.2) is 0 Å². The fraction of sp³-hybridized carbons (Fsp3) is 0.0769. The first-order valence-electron chi connectivity index (χ1n) is 5.23. The maximum absolute atomic E-state index is 6.01. The molecule has 0 heterocycles. The van der Waals surface area contributed by atoms with Crippen molar-refractivity contribution in [2.24, 2.45) is 0 Å². The third-order valence-corrected chi connectivity index (χ3v) is 3.23. The molecule has 2 aromatic rings. The Hall–Kier alpha value is -2.16. The summed E-state index contributed by atoms with van der Waals surface area (Å²) in [4.78, 5) is 0. The van der Waals surface area contributed by atoms with Gasteiger partial charge in [0.25, 0.3) is 0 Å². The molecule has 0 bridgehead atoms. The Bertz CT molecular complexity index is 588. The van der Waals surface area contributed by atoms with Crippen molar-refractivity contribution in [2.45, 2.75) is 6.42 Å². The summed E-state index contributed by atoms with van der Waals surface area (Å²) in [5.74, 6) is 0. The molecule has 0 saturated heterocycles. The predicted octanol–water partition coefficient (Wildman–Crippen LogP) is 2.00. The zero-order valence-corrected chi connectivity index (χ0v) is 8.83. The van der Waals surface area contributed by atoms with Crippen LogP contribution in [0.15, 0.2) is 30.3 Å². The van der Waals surface area contributed by atoms with E-state index in [2.05, 4.69) is 12.1 Å². The molecule has 0 atom stereocenters. The SMILES string of the molecule is Nc1cc2c(c(N)c1N)Cc1ccccc1-2. The quantitative estimate of drug-likeness (QED) is 0.498. The van der Waals surface area contributed by atoms with E-state index in [0.29, 0.717) is 17.1 Å². The van der Waals surface area contributed by atoms with Crippen molar-refractivity contribution in [2.75, 3.05) is 17.2 Å². The number of nitrogens with two attached hydrogens (primary N) is 3. The lowest BCUT2D eigenvalue weighted by Gasteiger charge is -2.10. The number of anilines is 3. The number of rotatable bonds is 0. The maximum atomic E-state index is 6.01. The Morgan fingerprint density at radius 1 is 0.875 bits per heavy atom. The molecule has 0 aromatic heterocycles. The van der Waals surface area contributed by atoms with Crippen LogP contribution in [0.3, 0.4) is 0 Å². The number of hydrogen-bond acceptors (Lipinski definition) is 3. The van der Waals surface area contributed by atoms with Gasteiger partial charge < -0.3 is 17.2 Å². The van der Waals surface area contributed by atoms with E-state index in [0.717, 1.165) is 17.5 Å². The van der Waals surface area contributed by atoms with Crippen molar-refractivity contribution in [1.29, 1.82) is 0 Å². The highest BCUT2D eigenvalue weighted by Crippen LogP contribution is 2.43. The number of benzene rings is 2. The topological polar surface area (TPSA) is 78.1 Å². The summed E-state index contributed by atoms with van der Waals surface area (Å²) in [5.41, 5.74) is 24.1. The Morgan fingerprint density at radius 3 is 2.44 bits per heavy atom. The van der Waals surface area contributed by atoms with Crippen LogP contribution in [0.5, 0.6) is 0 Å². The zero-order chi connectivity index (χ0) is 11.3. The van der Waals surface area contributed by atoms with Crippen LogP contribution in [0.4, 0.5) is 17.1 Å². The van der Waals surface area contributed by atoms with Gasteiger partial charge in [-0.05, 0) is 28.3 Å². The highest BCUT2D eigenvalue weighted by molar-refractivity contribution is 5.92. The molecule has 0 aliphatic heterocycles. The van der Waals surface area contributed by atoms with E-state index in [1.165, 1.54) is 11.1 Å². The normalized spacial score (nSPS) is 12.2. The molecular weight excluding hydrogens is 198 g/mol. The number of fused-ring (bicyclic) bond motifs is 3. The molecule has 6 N–H and O–H groups in total. The van der Waals surface area contributed by atoms with Gasteiger partial charge in [0.15, 0.2) is 0 Å². The van der Waals surface area contributed by atoms with Crippen LogP contribution in [0, 0.1) is 0 Å². The van der Waals surface area contributed by atoms with Gasteiger partial charge in [0.2, 0.25) is 0 Å². The van der Waals surface area contributed by atoms with Gasteiger partial charge in [0.05, 0.1) is 17.1 Å². The second-order valence-electron chi connectivity index (χ2n) is 4.15.